The van der Waals surface area contributed by atoms with Crippen LogP contribution in [0.15, 0.2) is 0 Å². The molecule has 0 aromatic heterocycles. The van der Waals surface area contributed by atoms with E-state index in [0.717, 1.165) is 25.0 Å². The fourth-order valence-electron chi connectivity index (χ4n) is 4.19. The molecule has 2 fully saturated rings. The summed E-state index contributed by atoms with van der Waals surface area (Å²) in [4.78, 5) is 5.16. The van der Waals surface area contributed by atoms with Crippen molar-refractivity contribution in [1.82, 2.24) is 9.80 Å². The van der Waals surface area contributed by atoms with E-state index in [4.69, 9.17) is 5.73 Å². The van der Waals surface area contributed by atoms with Crippen molar-refractivity contribution in [2.75, 3.05) is 33.2 Å². The van der Waals surface area contributed by atoms with E-state index in [1.54, 1.807) is 0 Å². The van der Waals surface area contributed by atoms with E-state index in [2.05, 4.69) is 37.6 Å². The van der Waals surface area contributed by atoms with Crippen LogP contribution >= 0.6 is 0 Å². The minimum atomic E-state index is 0.528. The average molecular weight is 281 g/mol. The molecule has 118 valence electrons. The van der Waals surface area contributed by atoms with Gasteiger partial charge in [-0.25, -0.2) is 0 Å². The van der Waals surface area contributed by atoms with Crippen LogP contribution in [0.1, 0.15) is 52.9 Å². The van der Waals surface area contributed by atoms with E-state index >= 15 is 0 Å². The van der Waals surface area contributed by atoms with Crippen molar-refractivity contribution in [3.8, 4) is 0 Å². The van der Waals surface area contributed by atoms with E-state index in [1.807, 2.05) is 0 Å². The average Bonchev–Trinajstić information content (AvgIpc) is 2.47. The molecular formula is C17H35N3. The summed E-state index contributed by atoms with van der Waals surface area (Å²) in [5.74, 6) is 0.924. The molecule has 2 aliphatic rings. The number of rotatable bonds is 4. The zero-order valence-electron chi connectivity index (χ0n) is 14.1. The molecule has 1 saturated heterocycles. The van der Waals surface area contributed by atoms with Crippen LogP contribution in [0.3, 0.4) is 0 Å². The lowest BCUT2D eigenvalue weighted by atomic mass is 9.68. The van der Waals surface area contributed by atoms with Crippen molar-refractivity contribution >= 4 is 0 Å². The number of nitrogens with zero attached hydrogens (tertiary/aromatic N) is 2. The maximum absolute atomic E-state index is 6.01. The van der Waals surface area contributed by atoms with Crippen LogP contribution in [0.25, 0.3) is 0 Å². The summed E-state index contributed by atoms with van der Waals surface area (Å²) in [5.41, 5.74) is 6.54. The molecule has 1 heterocycles. The number of hydrogen-bond acceptors (Lipinski definition) is 3. The summed E-state index contributed by atoms with van der Waals surface area (Å²) in [7, 11) is 2.22. The Bertz CT molecular complexity index is 295. The van der Waals surface area contributed by atoms with Gasteiger partial charge in [0.1, 0.15) is 0 Å². The summed E-state index contributed by atoms with van der Waals surface area (Å²) < 4.78 is 0. The molecule has 0 bridgehead atoms. The number of piperazine rings is 1. The highest BCUT2D eigenvalue weighted by Crippen LogP contribution is 2.41. The molecule has 1 saturated carbocycles. The van der Waals surface area contributed by atoms with Crippen LogP contribution in [0.4, 0.5) is 0 Å². The molecule has 1 aliphatic heterocycles. The van der Waals surface area contributed by atoms with E-state index in [9.17, 15) is 0 Å². The summed E-state index contributed by atoms with van der Waals surface area (Å²) in [5, 5.41) is 0. The molecule has 0 radical (unpaired) electrons. The lowest BCUT2D eigenvalue weighted by molar-refractivity contribution is 0.0206. The third-order valence-electron chi connectivity index (χ3n) is 6.19. The van der Waals surface area contributed by atoms with Gasteiger partial charge >= 0.3 is 0 Å². The smallest absolute Gasteiger partial charge is 0.0349 e. The molecule has 20 heavy (non-hydrogen) atoms. The molecule has 0 amide bonds. The molecule has 3 nitrogen and oxygen atoms in total. The van der Waals surface area contributed by atoms with Crippen LogP contribution in [0, 0.1) is 11.3 Å². The van der Waals surface area contributed by atoms with Crippen molar-refractivity contribution < 1.29 is 0 Å². The molecule has 0 spiro atoms. The Morgan fingerprint density at radius 2 is 1.75 bits per heavy atom. The lowest BCUT2D eigenvalue weighted by Gasteiger charge is -2.47. The Labute approximate surface area is 125 Å². The van der Waals surface area contributed by atoms with E-state index in [1.165, 1.54) is 45.2 Å². The molecule has 2 N–H and O–H groups in total. The highest BCUT2D eigenvalue weighted by Gasteiger charge is 2.36. The monoisotopic (exact) mass is 281 g/mol. The van der Waals surface area contributed by atoms with Gasteiger partial charge in [-0.2, -0.15) is 0 Å². The van der Waals surface area contributed by atoms with E-state index < -0.39 is 0 Å². The van der Waals surface area contributed by atoms with Gasteiger partial charge in [0.05, 0.1) is 0 Å². The summed E-state index contributed by atoms with van der Waals surface area (Å²) in [6.45, 7) is 11.6. The fraction of sp³-hybridized carbons (Fsp3) is 1.00. The van der Waals surface area contributed by atoms with Crippen molar-refractivity contribution in [2.24, 2.45) is 17.1 Å². The van der Waals surface area contributed by atoms with Crippen LogP contribution in [0.5, 0.6) is 0 Å². The first kappa shape index (κ1) is 16.3. The minimum absolute atomic E-state index is 0.528. The topological polar surface area (TPSA) is 32.5 Å². The second kappa shape index (κ2) is 6.76. The van der Waals surface area contributed by atoms with Gasteiger partial charge < -0.3 is 10.6 Å². The lowest BCUT2D eigenvalue weighted by Crippen LogP contribution is -2.58. The summed E-state index contributed by atoms with van der Waals surface area (Å²) in [6.07, 6.45) is 6.90. The molecule has 0 aromatic rings. The molecule has 2 rings (SSSR count). The highest BCUT2D eigenvalue weighted by atomic mass is 15.3. The maximum atomic E-state index is 6.01. The Kier molecular flexibility index (Phi) is 5.49. The molecule has 1 atom stereocenters. The van der Waals surface area contributed by atoms with Gasteiger partial charge in [0.15, 0.2) is 0 Å². The van der Waals surface area contributed by atoms with Gasteiger partial charge in [-0.15, -0.1) is 0 Å². The van der Waals surface area contributed by atoms with Gasteiger partial charge in [-0.1, -0.05) is 27.2 Å². The van der Waals surface area contributed by atoms with Gasteiger partial charge in [0.25, 0.3) is 0 Å². The number of nitrogens with two attached hydrogens (primary N) is 1. The van der Waals surface area contributed by atoms with Gasteiger partial charge in [-0.05, 0) is 44.1 Å². The Balaban J connectivity index is 1.90. The van der Waals surface area contributed by atoms with Gasteiger partial charge in [0.2, 0.25) is 0 Å². The third kappa shape index (κ3) is 3.55. The SMILES string of the molecule is CCC(C)(C)C1CCC(N2CCN(C)CC2CN)CC1. The van der Waals surface area contributed by atoms with Crippen molar-refractivity contribution in [1.29, 1.82) is 0 Å². The third-order valence-corrected chi connectivity index (χ3v) is 6.19. The van der Waals surface area contributed by atoms with Gasteiger partial charge in [0, 0.05) is 38.3 Å². The van der Waals surface area contributed by atoms with Crippen molar-refractivity contribution in [2.45, 2.75) is 65.0 Å². The molecule has 3 heteroatoms. The van der Waals surface area contributed by atoms with E-state index in [-0.39, 0.29) is 0 Å². The maximum Gasteiger partial charge on any atom is 0.0349 e. The molecule has 0 aromatic carbocycles. The van der Waals surface area contributed by atoms with E-state index in [0.29, 0.717) is 11.5 Å². The highest BCUT2D eigenvalue weighted by molar-refractivity contribution is 4.91. The molecular weight excluding hydrogens is 246 g/mol. The zero-order chi connectivity index (χ0) is 14.8. The second-order valence-corrected chi connectivity index (χ2v) is 7.74. The predicted octanol–water partition coefficient (Wildman–Crippen LogP) is 2.56. The second-order valence-electron chi connectivity index (χ2n) is 7.74. The normalized spacial score (nSPS) is 34.4. The van der Waals surface area contributed by atoms with Crippen LogP contribution in [-0.4, -0.2) is 55.1 Å². The van der Waals surface area contributed by atoms with Gasteiger partial charge in [-0.3, -0.25) is 4.90 Å². The Morgan fingerprint density at radius 1 is 1.10 bits per heavy atom. The zero-order valence-corrected chi connectivity index (χ0v) is 14.1. The van der Waals surface area contributed by atoms with Crippen LogP contribution in [-0.2, 0) is 0 Å². The summed E-state index contributed by atoms with van der Waals surface area (Å²) in [6, 6.07) is 1.37. The minimum Gasteiger partial charge on any atom is -0.329 e. The van der Waals surface area contributed by atoms with Crippen LogP contribution < -0.4 is 5.73 Å². The first-order valence-corrected chi connectivity index (χ1v) is 8.62. The van der Waals surface area contributed by atoms with Crippen molar-refractivity contribution in [3.63, 3.8) is 0 Å². The predicted molar refractivity (Wildman–Crippen MR) is 86.9 cm³/mol. The van der Waals surface area contributed by atoms with Crippen molar-refractivity contribution in [3.05, 3.63) is 0 Å². The van der Waals surface area contributed by atoms with Crippen LogP contribution in [0.2, 0.25) is 0 Å². The Hall–Kier alpha value is -0.120. The first-order valence-electron chi connectivity index (χ1n) is 8.62. The fourth-order valence-corrected chi connectivity index (χ4v) is 4.19. The number of hydrogen-bond donors (Lipinski definition) is 1. The first-order chi connectivity index (χ1) is 9.47. The number of likely N-dealkylation sites (N-methyl/N-ethyl adjacent to an activating group) is 1. The standard InChI is InChI=1S/C17H35N3/c1-5-17(2,3)14-6-8-15(9-7-14)20-11-10-19(4)13-16(20)12-18/h14-16H,5-13,18H2,1-4H3. The molecule has 1 aliphatic carbocycles. The largest absolute Gasteiger partial charge is 0.329 e. The molecule has 1 unspecified atom stereocenters. The Morgan fingerprint density at radius 3 is 2.30 bits per heavy atom. The quantitative estimate of drug-likeness (QED) is 0.859. The summed E-state index contributed by atoms with van der Waals surface area (Å²) >= 11 is 0.